The van der Waals surface area contributed by atoms with Gasteiger partial charge in [0.05, 0.1) is 10.0 Å². The van der Waals surface area contributed by atoms with Crippen LogP contribution in [0.2, 0.25) is 4.34 Å². The second-order valence-corrected chi connectivity index (χ2v) is 7.44. The molecule has 0 N–H and O–H groups in total. The van der Waals surface area contributed by atoms with E-state index in [1.54, 1.807) is 11.3 Å². The first-order valence-corrected chi connectivity index (χ1v) is 8.45. The zero-order valence-corrected chi connectivity index (χ0v) is 15.1. The molecule has 3 rings (SSSR count). The molecule has 0 saturated heterocycles. The minimum absolute atomic E-state index is 0.0542. The van der Waals surface area contributed by atoms with Crippen LogP contribution >= 0.6 is 22.9 Å². The number of hydrogen-bond donors (Lipinski definition) is 0. The molecular weight excluding hydrogens is 330 g/mol. The van der Waals surface area contributed by atoms with E-state index in [2.05, 4.69) is 46.4 Å². The Morgan fingerprint density at radius 2 is 1.83 bits per heavy atom. The summed E-state index contributed by atoms with van der Waals surface area (Å²) in [6.07, 6.45) is 0. The molecule has 3 aromatic rings. The molecule has 7 heteroatoms. The molecule has 0 bridgehead atoms. The number of thiophene rings is 1. The fourth-order valence-corrected chi connectivity index (χ4v) is 4.01. The van der Waals surface area contributed by atoms with Gasteiger partial charge in [-0.1, -0.05) is 29.8 Å². The predicted octanol–water partition coefficient (Wildman–Crippen LogP) is 3.65. The molecule has 2 aromatic heterocycles. The second-order valence-electron chi connectivity index (χ2n) is 5.70. The van der Waals surface area contributed by atoms with Gasteiger partial charge in [-0.05, 0) is 61.6 Å². The summed E-state index contributed by atoms with van der Waals surface area (Å²) in [5, 5.41) is 12.5. The van der Waals surface area contributed by atoms with Crippen LogP contribution in [0.3, 0.4) is 0 Å². The van der Waals surface area contributed by atoms with Gasteiger partial charge in [0, 0.05) is 4.88 Å². The van der Waals surface area contributed by atoms with Crippen LogP contribution in [-0.4, -0.2) is 39.2 Å². The van der Waals surface area contributed by atoms with Crippen LogP contribution in [0.5, 0.6) is 0 Å². The van der Waals surface area contributed by atoms with Gasteiger partial charge in [0.2, 0.25) is 0 Å². The van der Waals surface area contributed by atoms with Gasteiger partial charge in [-0.3, -0.25) is 4.90 Å². The standard InChI is InChI=1S/C16H18ClN5S/c1-10-6-5-7-11(2)14(10)22-16(18-19-20-22)15(21(3)4)12-8-9-13(17)23-12/h5-9,15H,1-4H3. The molecular formula is C16H18ClN5S. The summed E-state index contributed by atoms with van der Waals surface area (Å²) in [5.74, 6) is 0.783. The number of aryl methyl sites for hydroxylation is 2. The maximum Gasteiger partial charge on any atom is 0.179 e. The third-order valence-electron chi connectivity index (χ3n) is 3.77. The Balaban J connectivity index is 2.16. The van der Waals surface area contributed by atoms with Gasteiger partial charge in [0.1, 0.15) is 6.04 Å². The highest BCUT2D eigenvalue weighted by atomic mass is 35.5. The van der Waals surface area contributed by atoms with E-state index in [0.717, 1.165) is 31.9 Å². The molecule has 0 spiro atoms. The Hall–Kier alpha value is -1.76. The number of hydrogen-bond acceptors (Lipinski definition) is 5. The van der Waals surface area contributed by atoms with Crippen molar-refractivity contribution in [1.29, 1.82) is 0 Å². The average Bonchev–Trinajstić information content (AvgIpc) is 3.09. The van der Waals surface area contributed by atoms with Crippen molar-refractivity contribution < 1.29 is 0 Å². The van der Waals surface area contributed by atoms with E-state index < -0.39 is 0 Å². The van der Waals surface area contributed by atoms with Gasteiger partial charge in [-0.15, -0.1) is 16.4 Å². The molecule has 1 atom stereocenters. The molecule has 5 nitrogen and oxygen atoms in total. The fraction of sp³-hybridized carbons (Fsp3) is 0.312. The second kappa shape index (κ2) is 6.39. The van der Waals surface area contributed by atoms with Gasteiger partial charge in [0.25, 0.3) is 0 Å². The van der Waals surface area contributed by atoms with E-state index in [1.807, 2.05) is 37.0 Å². The summed E-state index contributed by atoms with van der Waals surface area (Å²) in [7, 11) is 4.03. The van der Waals surface area contributed by atoms with E-state index in [4.69, 9.17) is 11.6 Å². The Kier molecular flexibility index (Phi) is 4.48. The Morgan fingerprint density at radius 3 is 2.39 bits per heavy atom. The summed E-state index contributed by atoms with van der Waals surface area (Å²) in [5.41, 5.74) is 3.31. The number of nitrogens with zero attached hydrogens (tertiary/aromatic N) is 5. The average molecular weight is 348 g/mol. The van der Waals surface area contributed by atoms with E-state index in [1.165, 1.54) is 0 Å². The molecule has 0 aliphatic rings. The first-order valence-electron chi connectivity index (χ1n) is 7.25. The zero-order chi connectivity index (χ0) is 16.6. The van der Waals surface area contributed by atoms with Crippen molar-refractivity contribution in [3.8, 4) is 5.69 Å². The Morgan fingerprint density at radius 1 is 1.13 bits per heavy atom. The molecule has 120 valence electrons. The van der Waals surface area contributed by atoms with E-state index in [-0.39, 0.29) is 6.04 Å². The van der Waals surface area contributed by atoms with Crippen molar-refractivity contribution in [2.24, 2.45) is 0 Å². The molecule has 0 saturated carbocycles. The van der Waals surface area contributed by atoms with Crippen LogP contribution in [0.25, 0.3) is 5.69 Å². The highest BCUT2D eigenvalue weighted by Crippen LogP contribution is 2.34. The number of aromatic nitrogens is 4. The van der Waals surface area contributed by atoms with E-state index in [0.29, 0.717) is 0 Å². The summed E-state index contributed by atoms with van der Waals surface area (Å²) < 4.78 is 2.60. The molecule has 0 fully saturated rings. The smallest absolute Gasteiger partial charge is 0.179 e. The van der Waals surface area contributed by atoms with Gasteiger partial charge in [-0.25, -0.2) is 0 Å². The summed E-state index contributed by atoms with van der Waals surface area (Å²) in [4.78, 5) is 3.21. The quantitative estimate of drug-likeness (QED) is 0.722. The molecule has 0 amide bonds. The monoisotopic (exact) mass is 347 g/mol. The van der Waals surface area contributed by atoms with Gasteiger partial charge in [-0.2, -0.15) is 4.68 Å². The van der Waals surface area contributed by atoms with Crippen molar-refractivity contribution in [1.82, 2.24) is 25.1 Å². The topological polar surface area (TPSA) is 46.8 Å². The van der Waals surface area contributed by atoms with Crippen molar-refractivity contribution in [2.75, 3.05) is 14.1 Å². The van der Waals surface area contributed by atoms with Crippen LogP contribution in [-0.2, 0) is 0 Å². The number of halogens is 1. The fourth-order valence-electron chi connectivity index (χ4n) is 2.75. The zero-order valence-electron chi connectivity index (χ0n) is 13.5. The third kappa shape index (κ3) is 3.02. The van der Waals surface area contributed by atoms with Crippen molar-refractivity contribution in [3.63, 3.8) is 0 Å². The highest BCUT2D eigenvalue weighted by molar-refractivity contribution is 7.16. The number of benzene rings is 1. The van der Waals surface area contributed by atoms with Crippen LogP contribution < -0.4 is 0 Å². The van der Waals surface area contributed by atoms with Gasteiger partial charge >= 0.3 is 0 Å². The minimum atomic E-state index is -0.0542. The maximum absolute atomic E-state index is 6.12. The summed E-state index contributed by atoms with van der Waals surface area (Å²) in [6.45, 7) is 4.14. The first kappa shape index (κ1) is 16.1. The van der Waals surface area contributed by atoms with Crippen LogP contribution in [0.4, 0.5) is 0 Å². The SMILES string of the molecule is Cc1cccc(C)c1-n1nnnc1C(c1ccc(Cl)s1)N(C)C. The number of tetrazole rings is 1. The predicted molar refractivity (Wildman–Crippen MR) is 93.5 cm³/mol. The van der Waals surface area contributed by atoms with Crippen LogP contribution in [0.1, 0.15) is 27.9 Å². The Labute approximate surface area is 144 Å². The normalized spacial score (nSPS) is 12.8. The molecule has 2 heterocycles. The summed E-state index contributed by atoms with van der Waals surface area (Å²) in [6, 6.07) is 10.1. The van der Waals surface area contributed by atoms with Crippen molar-refractivity contribution >= 4 is 22.9 Å². The highest BCUT2D eigenvalue weighted by Gasteiger charge is 2.26. The number of para-hydroxylation sites is 1. The van der Waals surface area contributed by atoms with Crippen molar-refractivity contribution in [3.05, 3.63) is 56.5 Å². The third-order valence-corrected chi connectivity index (χ3v) is 5.05. The lowest BCUT2D eigenvalue weighted by Crippen LogP contribution is -2.24. The van der Waals surface area contributed by atoms with E-state index >= 15 is 0 Å². The van der Waals surface area contributed by atoms with E-state index in [9.17, 15) is 0 Å². The maximum atomic E-state index is 6.12. The van der Waals surface area contributed by atoms with Gasteiger partial charge in [0.15, 0.2) is 5.82 Å². The molecule has 0 aliphatic heterocycles. The van der Waals surface area contributed by atoms with Gasteiger partial charge < -0.3 is 0 Å². The summed E-state index contributed by atoms with van der Waals surface area (Å²) >= 11 is 7.67. The molecule has 1 unspecified atom stereocenters. The lowest BCUT2D eigenvalue weighted by molar-refractivity contribution is 0.329. The molecule has 23 heavy (non-hydrogen) atoms. The van der Waals surface area contributed by atoms with Crippen LogP contribution in [0, 0.1) is 13.8 Å². The largest absolute Gasteiger partial charge is 0.295 e. The lowest BCUT2D eigenvalue weighted by Gasteiger charge is -2.23. The first-order chi connectivity index (χ1) is 11.0. The minimum Gasteiger partial charge on any atom is -0.295 e. The van der Waals surface area contributed by atoms with Crippen molar-refractivity contribution in [2.45, 2.75) is 19.9 Å². The molecule has 0 aliphatic carbocycles. The lowest BCUT2D eigenvalue weighted by atomic mass is 10.1. The number of rotatable bonds is 4. The molecule has 1 aromatic carbocycles. The Bertz CT molecular complexity index is 803. The van der Waals surface area contributed by atoms with Crippen LogP contribution in [0.15, 0.2) is 30.3 Å². The molecule has 0 radical (unpaired) electrons.